The Bertz CT molecular complexity index is 873. The molecule has 28 heavy (non-hydrogen) atoms. The quantitative estimate of drug-likeness (QED) is 0.418. The molecular formula is C16H11F5N2O5. The first-order valence-corrected chi connectivity index (χ1v) is 7.39. The first-order valence-electron chi connectivity index (χ1n) is 7.39. The number of nitro groups is 1. The number of nitro benzene ring substituents is 1. The molecule has 0 spiro atoms. The number of carbonyl (C=O) groups is 1. The molecule has 0 aromatic heterocycles. The molecule has 0 radical (unpaired) electrons. The topological polar surface area (TPSA) is 90.7 Å². The number of halogens is 5. The smallest absolute Gasteiger partial charge is 0.422 e. The summed E-state index contributed by atoms with van der Waals surface area (Å²) in [6.07, 6.45) is -4.68. The standard InChI is InChI=1S/C16H11F5N2O5/c17-15(18)28-13-4-2-1-3-12(13)14(24)22-9-5-10(23(25)26)7-11(6-9)27-8-16(19,20)21/h1-7,15H,8H2,(H,22,24). The van der Waals surface area contributed by atoms with Crippen molar-refractivity contribution in [3.05, 3.63) is 58.1 Å². The molecule has 150 valence electrons. The van der Waals surface area contributed by atoms with Crippen molar-refractivity contribution in [1.82, 2.24) is 0 Å². The summed E-state index contributed by atoms with van der Waals surface area (Å²) in [5.74, 6) is -1.94. The van der Waals surface area contributed by atoms with E-state index in [0.29, 0.717) is 0 Å². The van der Waals surface area contributed by atoms with E-state index >= 15 is 0 Å². The number of hydrogen-bond acceptors (Lipinski definition) is 5. The number of ether oxygens (including phenoxy) is 2. The molecule has 0 unspecified atom stereocenters. The van der Waals surface area contributed by atoms with Crippen LogP contribution in [0.1, 0.15) is 10.4 Å². The maximum absolute atomic E-state index is 12.4. The van der Waals surface area contributed by atoms with Crippen LogP contribution in [0.3, 0.4) is 0 Å². The highest BCUT2D eigenvalue weighted by molar-refractivity contribution is 6.06. The summed E-state index contributed by atoms with van der Waals surface area (Å²) in [6.45, 7) is -4.90. The lowest BCUT2D eigenvalue weighted by Gasteiger charge is -2.13. The van der Waals surface area contributed by atoms with Gasteiger partial charge in [-0.1, -0.05) is 12.1 Å². The van der Waals surface area contributed by atoms with Crippen molar-refractivity contribution in [3.8, 4) is 11.5 Å². The van der Waals surface area contributed by atoms with Gasteiger partial charge in [-0.25, -0.2) is 0 Å². The summed E-state index contributed by atoms with van der Waals surface area (Å²) in [5.41, 5.74) is -1.23. The summed E-state index contributed by atoms with van der Waals surface area (Å²) >= 11 is 0. The lowest BCUT2D eigenvalue weighted by atomic mass is 10.1. The fraction of sp³-hybridized carbons (Fsp3) is 0.188. The molecule has 0 aliphatic carbocycles. The molecule has 2 aromatic rings. The Morgan fingerprint density at radius 1 is 1.18 bits per heavy atom. The van der Waals surface area contributed by atoms with Crippen molar-refractivity contribution >= 4 is 17.3 Å². The molecule has 0 fully saturated rings. The van der Waals surface area contributed by atoms with Gasteiger partial charge in [-0.15, -0.1) is 0 Å². The van der Waals surface area contributed by atoms with Crippen molar-refractivity contribution in [3.63, 3.8) is 0 Å². The number of non-ortho nitro benzene ring substituents is 1. The number of nitrogens with one attached hydrogen (secondary N) is 1. The molecule has 0 aliphatic rings. The molecule has 1 amide bonds. The maximum atomic E-state index is 12.4. The van der Waals surface area contributed by atoms with E-state index in [-0.39, 0.29) is 11.3 Å². The molecule has 0 saturated heterocycles. The molecule has 0 atom stereocenters. The van der Waals surface area contributed by atoms with E-state index in [2.05, 4.69) is 14.8 Å². The lowest BCUT2D eigenvalue weighted by Crippen LogP contribution is -2.19. The Balaban J connectivity index is 2.28. The number of para-hydroxylation sites is 1. The Kier molecular flexibility index (Phi) is 6.33. The van der Waals surface area contributed by atoms with Gasteiger partial charge >= 0.3 is 12.8 Å². The van der Waals surface area contributed by atoms with Gasteiger partial charge in [-0.3, -0.25) is 14.9 Å². The first kappa shape index (κ1) is 20.9. The van der Waals surface area contributed by atoms with Gasteiger partial charge in [0.05, 0.1) is 22.2 Å². The van der Waals surface area contributed by atoms with Crippen molar-refractivity contribution in [2.75, 3.05) is 11.9 Å². The van der Waals surface area contributed by atoms with E-state index in [4.69, 9.17) is 0 Å². The molecular weight excluding hydrogens is 395 g/mol. The summed E-state index contributed by atoms with van der Waals surface area (Å²) in [7, 11) is 0. The predicted molar refractivity (Wildman–Crippen MR) is 85.7 cm³/mol. The number of carbonyl (C=O) groups excluding carboxylic acids is 1. The van der Waals surface area contributed by atoms with E-state index < -0.39 is 47.4 Å². The van der Waals surface area contributed by atoms with Crippen LogP contribution in [-0.2, 0) is 0 Å². The zero-order valence-corrected chi connectivity index (χ0v) is 13.7. The molecule has 2 rings (SSSR count). The van der Waals surface area contributed by atoms with Gasteiger partial charge in [0.25, 0.3) is 11.6 Å². The van der Waals surface area contributed by atoms with Crippen LogP contribution in [0, 0.1) is 10.1 Å². The second-order valence-electron chi connectivity index (χ2n) is 5.21. The first-order chi connectivity index (χ1) is 13.0. The second-order valence-corrected chi connectivity index (χ2v) is 5.21. The van der Waals surface area contributed by atoms with E-state index in [9.17, 15) is 36.9 Å². The minimum Gasteiger partial charge on any atom is -0.484 e. The Morgan fingerprint density at radius 3 is 2.46 bits per heavy atom. The zero-order chi connectivity index (χ0) is 20.9. The van der Waals surface area contributed by atoms with Gasteiger partial charge in [0.1, 0.15) is 11.5 Å². The Morgan fingerprint density at radius 2 is 1.86 bits per heavy atom. The zero-order valence-electron chi connectivity index (χ0n) is 13.7. The SMILES string of the molecule is O=C(Nc1cc(OCC(F)(F)F)cc([N+](=O)[O-])c1)c1ccccc1OC(F)F. The highest BCUT2D eigenvalue weighted by Gasteiger charge is 2.29. The van der Waals surface area contributed by atoms with Crippen LogP contribution >= 0.6 is 0 Å². The van der Waals surface area contributed by atoms with Gasteiger partial charge in [0, 0.05) is 12.1 Å². The molecule has 7 nitrogen and oxygen atoms in total. The Hall–Kier alpha value is -3.44. The summed E-state index contributed by atoms with van der Waals surface area (Å²) in [5, 5.41) is 13.1. The number of alkyl halides is 5. The lowest BCUT2D eigenvalue weighted by molar-refractivity contribution is -0.384. The van der Waals surface area contributed by atoms with E-state index in [1.54, 1.807) is 0 Å². The van der Waals surface area contributed by atoms with Crippen LogP contribution in [0.5, 0.6) is 11.5 Å². The molecule has 12 heteroatoms. The third kappa shape index (κ3) is 6.07. The van der Waals surface area contributed by atoms with Crippen LogP contribution in [0.25, 0.3) is 0 Å². The van der Waals surface area contributed by atoms with Crippen molar-refractivity contribution < 1.29 is 41.1 Å². The molecule has 0 bridgehead atoms. The monoisotopic (exact) mass is 406 g/mol. The summed E-state index contributed by atoms with van der Waals surface area (Å²) < 4.78 is 70.4. The molecule has 0 saturated carbocycles. The molecule has 0 aliphatic heterocycles. The number of anilines is 1. The summed E-state index contributed by atoms with van der Waals surface area (Å²) in [4.78, 5) is 22.3. The van der Waals surface area contributed by atoms with E-state index in [1.165, 1.54) is 12.1 Å². The fourth-order valence-electron chi connectivity index (χ4n) is 2.06. The third-order valence-electron chi connectivity index (χ3n) is 3.11. The maximum Gasteiger partial charge on any atom is 0.422 e. The fourth-order valence-corrected chi connectivity index (χ4v) is 2.06. The number of benzene rings is 2. The van der Waals surface area contributed by atoms with E-state index in [0.717, 1.165) is 30.3 Å². The van der Waals surface area contributed by atoms with Gasteiger partial charge in [0.2, 0.25) is 0 Å². The van der Waals surface area contributed by atoms with Crippen molar-refractivity contribution in [2.24, 2.45) is 0 Å². The number of rotatable bonds is 7. The largest absolute Gasteiger partial charge is 0.484 e. The highest BCUT2D eigenvalue weighted by Crippen LogP contribution is 2.29. The second kappa shape index (κ2) is 8.50. The molecule has 1 N–H and O–H groups in total. The minimum atomic E-state index is -4.68. The third-order valence-corrected chi connectivity index (χ3v) is 3.11. The normalized spacial score (nSPS) is 11.2. The van der Waals surface area contributed by atoms with Gasteiger partial charge in [-0.05, 0) is 12.1 Å². The van der Waals surface area contributed by atoms with Crippen LogP contribution in [0.15, 0.2) is 42.5 Å². The number of nitrogens with zero attached hydrogens (tertiary/aromatic N) is 1. The van der Waals surface area contributed by atoms with Gasteiger partial charge < -0.3 is 14.8 Å². The summed E-state index contributed by atoms with van der Waals surface area (Å²) in [6, 6.07) is 7.50. The minimum absolute atomic E-state index is 0.275. The Labute approximate surface area is 153 Å². The van der Waals surface area contributed by atoms with Crippen LogP contribution in [0.4, 0.5) is 33.3 Å². The number of hydrogen-bond donors (Lipinski definition) is 1. The highest BCUT2D eigenvalue weighted by atomic mass is 19.4. The average Bonchev–Trinajstić information content (AvgIpc) is 2.59. The van der Waals surface area contributed by atoms with Crippen molar-refractivity contribution in [1.29, 1.82) is 0 Å². The molecule has 0 heterocycles. The number of amides is 1. The van der Waals surface area contributed by atoms with Crippen LogP contribution in [-0.4, -0.2) is 30.2 Å². The molecule has 2 aromatic carbocycles. The van der Waals surface area contributed by atoms with E-state index in [1.807, 2.05) is 0 Å². The van der Waals surface area contributed by atoms with Gasteiger partial charge in [0.15, 0.2) is 6.61 Å². The van der Waals surface area contributed by atoms with Gasteiger partial charge in [-0.2, -0.15) is 22.0 Å². The average molecular weight is 406 g/mol. The van der Waals surface area contributed by atoms with Crippen LogP contribution in [0.2, 0.25) is 0 Å². The van der Waals surface area contributed by atoms with Crippen LogP contribution < -0.4 is 14.8 Å². The predicted octanol–water partition coefficient (Wildman–Crippen LogP) is 4.39. The van der Waals surface area contributed by atoms with Crippen molar-refractivity contribution in [2.45, 2.75) is 12.8 Å².